The highest BCUT2D eigenvalue weighted by atomic mass is 35.5. The monoisotopic (exact) mass is 237 g/mol. The Bertz CT molecular complexity index is 311. The van der Waals surface area contributed by atoms with Gasteiger partial charge in [0.2, 0.25) is 0 Å². The van der Waals surface area contributed by atoms with Gasteiger partial charge < -0.3 is 5.32 Å². The molecule has 0 aromatic carbocycles. The van der Waals surface area contributed by atoms with E-state index >= 15 is 0 Å². The summed E-state index contributed by atoms with van der Waals surface area (Å²) < 4.78 is 22.6. The molecule has 0 aromatic rings. The minimum atomic E-state index is -2.80. The van der Waals surface area contributed by atoms with E-state index in [0.717, 1.165) is 18.4 Å². The molecule has 82 valence electrons. The lowest BCUT2D eigenvalue weighted by molar-refractivity contribution is 0.495. The molecule has 0 radical (unpaired) electrons. The third-order valence-corrected chi connectivity index (χ3v) is 4.51. The van der Waals surface area contributed by atoms with Crippen molar-refractivity contribution in [3.05, 3.63) is 11.1 Å². The maximum absolute atomic E-state index is 11.3. The van der Waals surface area contributed by atoms with Crippen LogP contribution in [-0.2, 0) is 9.84 Å². The molecule has 1 aliphatic heterocycles. The Morgan fingerprint density at radius 1 is 1.64 bits per heavy atom. The van der Waals surface area contributed by atoms with E-state index in [9.17, 15) is 8.42 Å². The third-order valence-electron chi connectivity index (χ3n) is 2.32. The van der Waals surface area contributed by atoms with Crippen LogP contribution in [0.1, 0.15) is 19.8 Å². The predicted octanol–water partition coefficient (Wildman–Crippen LogP) is 1.30. The van der Waals surface area contributed by atoms with Crippen molar-refractivity contribution in [1.82, 2.24) is 5.32 Å². The summed E-state index contributed by atoms with van der Waals surface area (Å²) >= 11 is 5.51. The van der Waals surface area contributed by atoms with Gasteiger partial charge in [0.15, 0.2) is 9.84 Å². The van der Waals surface area contributed by atoms with Gasteiger partial charge in [-0.2, -0.15) is 0 Å². The predicted molar refractivity (Wildman–Crippen MR) is 59.3 cm³/mol. The summed E-state index contributed by atoms with van der Waals surface area (Å²) in [6.07, 6.45) is 1.71. The van der Waals surface area contributed by atoms with E-state index in [-0.39, 0.29) is 11.8 Å². The molecule has 5 heteroatoms. The Morgan fingerprint density at radius 2 is 2.36 bits per heavy atom. The maximum atomic E-state index is 11.3. The van der Waals surface area contributed by atoms with Gasteiger partial charge in [-0.3, -0.25) is 0 Å². The van der Waals surface area contributed by atoms with Crippen molar-refractivity contribution in [2.75, 3.05) is 18.1 Å². The lowest BCUT2D eigenvalue weighted by Crippen LogP contribution is -2.40. The molecule has 1 heterocycles. The third kappa shape index (κ3) is 3.98. The van der Waals surface area contributed by atoms with Gasteiger partial charge in [-0.15, -0.1) is 0 Å². The summed E-state index contributed by atoms with van der Waals surface area (Å²) in [6, 6.07) is 0.0975. The average molecular weight is 238 g/mol. The highest BCUT2D eigenvalue weighted by Gasteiger charge is 2.23. The van der Waals surface area contributed by atoms with E-state index in [1.807, 2.05) is 6.92 Å². The second-order valence-electron chi connectivity index (χ2n) is 3.79. The summed E-state index contributed by atoms with van der Waals surface area (Å²) in [5.74, 6) is 0.609. The van der Waals surface area contributed by atoms with Crippen LogP contribution in [-0.4, -0.2) is 32.5 Å². The van der Waals surface area contributed by atoms with Crippen molar-refractivity contribution >= 4 is 21.4 Å². The lowest BCUT2D eigenvalue weighted by Gasteiger charge is -2.23. The van der Waals surface area contributed by atoms with E-state index < -0.39 is 9.84 Å². The van der Waals surface area contributed by atoms with Gasteiger partial charge in [0, 0.05) is 18.1 Å². The Balaban J connectivity index is 2.39. The van der Waals surface area contributed by atoms with Gasteiger partial charge in [0.05, 0.1) is 11.5 Å². The van der Waals surface area contributed by atoms with Crippen molar-refractivity contribution in [1.29, 1.82) is 0 Å². The van der Waals surface area contributed by atoms with Crippen LogP contribution < -0.4 is 5.32 Å². The Hall–Kier alpha value is -0.0600. The van der Waals surface area contributed by atoms with Crippen LogP contribution >= 0.6 is 11.6 Å². The minimum Gasteiger partial charge on any atom is -0.309 e. The number of rotatable bonds is 3. The van der Waals surface area contributed by atoms with Crippen molar-refractivity contribution in [2.24, 2.45) is 0 Å². The topological polar surface area (TPSA) is 46.2 Å². The smallest absolute Gasteiger partial charge is 0.151 e. The van der Waals surface area contributed by atoms with E-state index in [1.165, 1.54) is 5.54 Å². The first-order valence-corrected chi connectivity index (χ1v) is 6.99. The molecule has 1 aliphatic rings. The quantitative estimate of drug-likeness (QED) is 0.805. The van der Waals surface area contributed by atoms with Gasteiger partial charge in [0.25, 0.3) is 0 Å². The van der Waals surface area contributed by atoms with E-state index in [2.05, 4.69) is 5.32 Å². The zero-order chi connectivity index (χ0) is 10.6. The van der Waals surface area contributed by atoms with Gasteiger partial charge in [-0.05, 0) is 25.3 Å². The summed E-state index contributed by atoms with van der Waals surface area (Å²) in [5, 5.41) is 3.20. The van der Waals surface area contributed by atoms with Crippen molar-refractivity contribution < 1.29 is 8.42 Å². The molecule has 1 unspecified atom stereocenters. The van der Waals surface area contributed by atoms with Crippen LogP contribution in [0.5, 0.6) is 0 Å². The summed E-state index contributed by atoms with van der Waals surface area (Å²) in [5.41, 5.74) is 2.54. The fourth-order valence-corrected chi connectivity index (χ4v) is 3.28. The van der Waals surface area contributed by atoms with Crippen molar-refractivity contribution in [2.45, 2.75) is 25.8 Å². The highest BCUT2D eigenvalue weighted by Crippen LogP contribution is 2.12. The molecule has 0 saturated carbocycles. The fourth-order valence-electron chi connectivity index (χ4n) is 1.53. The SMILES string of the molecule is CC(=CCl)CNC1CCCS(=O)(=O)C1. The van der Waals surface area contributed by atoms with Crippen LogP contribution in [0.4, 0.5) is 0 Å². The van der Waals surface area contributed by atoms with Crippen LogP contribution in [0.25, 0.3) is 0 Å². The Kier molecular flexibility index (Phi) is 4.41. The standard InChI is InChI=1S/C9H16ClNO2S/c1-8(5-10)6-11-9-3-2-4-14(12,13)7-9/h5,9,11H,2-4,6-7H2,1H3. The van der Waals surface area contributed by atoms with Gasteiger partial charge >= 0.3 is 0 Å². The normalized spacial score (nSPS) is 27.6. The molecule has 1 rings (SSSR count). The molecular formula is C9H16ClNO2S. The second-order valence-corrected chi connectivity index (χ2v) is 6.24. The Labute approximate surface area is 90.4 Å². The molecule has 0 aromatic heterocycles. The van der Waals surface area contributed by atoms with Crippen LogP contribution in [0, 0.1) is 0 Å². The molecule has 0 amide bonds. The van der Waals surface area contributed by atoms with E-state index in [1.54, 1.807) is 0 Å². The lowest BCUT2D eigenvalue weighted by atomic mass is 10.2. The number of hydrogen-bond acceptors (Lipinski definition) is 3. The zero-order valence-corrected chi connectivity index (χ0v) is 9.87. The molecule has 0 bridgehead atoms. The molecule has 1 N–H and O–H groups in total. The second kappa shape index (κ2) is 5.14. The van der Waals surface area contributed by atoms with Gasteiger partial charge in [0.1, 0.15) is 0 Å². The molecule has 1 fully saturated rings. The van der Waals surface area contributed by atoms with E-state index in [0.29, 0.717) is 12.3 Å². The Morgan fingerprint density at radius 3 is 2.93 bits per heavy atom. The largest absolute Gasteiger partial charge is 0.309 e. The molecule has 0 aliphatic carbocycles. The molecule has 14 heavy (non-hydrogen) atoms. The van der Waals surface area contributed by atoms with Gasteiger partial charge in [-0.25, -0.2) is 8.42 Å². The number of hydrogen-bond donors (Lipinski definition) is 1. The number of halogens is 1. The molecular weight excluding hydrogens is 222 g/mol. The maximum Gasteiger partial charge on any atom is 0.151 e. The van der Waals surface area contributed by atoms with E-state index in [4.69, 9.17) is 11.6 Å². The molecule has 0 spiro atoms. The molecule has 3 nitrogen and oxygen atoms in total. The van der Waals surface area contributed by atoms with Crippen LogP contribution in [0.2, 0.25) is 0 Å². The first-order valence-electron chi connectivity index (χ1n) is 4.73. The summed E-state index contributed by atoms with van der Waals surface area (Å²) in [4.78, 5) is 0. The van der Waals surface area contributed by atoms with Gasteiger partial charge in [-0.1, -0.05) is 11.6 Å². The first kappa shape index (κ1) is 12.0. The number of nitrogens with one attached hydrogen (secondary N) is 1. The van der Waals surface area contributed by atoms with Crippen molar-refractivity contribution in [3.8, 4) is 0 Å². The van der Waals surface area contributed by atoms with Crippen molar-refractivity contribution in [3.63, 3.8) is 0 Å². The van der Waals surface area contributed by atoms with Crippen LogP contribution in [0.3, 0.4) is 0 Å². The highest BCUT2D eigenvalue weighted by molar-refractivity contribution is 7.91. The minimum absolute atomic E-state index is 0.0975. The molecule has 1 atom stereocenters. The van der Waals surface area contributed by atoms with Crippen LogP contribution in [0.15, 0.2) is 11.1 Å². The molecule has 1 saturated heterocycles. The fraction of sp³-hybridized carbons (Fsp3) is 0.778. The zero-order valence-electron chi connectivity index (χ0n) is 8.29. The summed E-state index contributed by atoms with van der Waals surface area (Å²) in [7, 11) is -2.80. The average Bonchev–Trinajstić information content (AvgIpc) is 2.12. The first-order chi connectivity index (χ1) is 6.53. The number of sulfone groups is 1. The summed E-state index contributed by atoms with van der Waals surface area (Å²) in [6.45, 7) is 2.58.